The number of nitrogens with zero attached hydrogens (tertiary/aromatic N) is 5. The summed E-state index contributed by atoms with van der Waals surface area (Å²) in [6, 6.07) is 0. The molecule has 0 atom stereocenters. The minimum absolute atomic E-state index is 0.533. The number of H-pyrrole nitrogens is 1. The molecule has 0 aliphatic heterocycles. The van der Waals surface area contributed by atoms with Crippen LogP contribution in [0.4, 0.5) is 5.95 Å². The molecule has 2 N–H and O–H groups in total. The zero-order valence-corrected chi connectivity index (χ0v) is 12.0. The highest BCUT2D eigenvalue weighted by Crippen LogP contribution is 2.22. The van der Waals surface area contributed by atoms with E-state index in [0.29, 0.717) is 11.6 Å². The molecule has 0 fully saturated rings. The van der Waals surface area contributed by atoms with Gasteiger partial charge in [-0.15, -0.1) is 0 Å². The van der Waals surface area contributed by atoms with Gasteiger partial charge in [0.15, 0.2) is 11.5 Å². The number of aromatic amines is 1. The van der Waals surface area contributed by atoms with Gasteiger partial charge in [-0.3, -0.25) is 0 Å². The van der Waals surface area contributed by atoms with E-state index in [4.69, 9.17) is 0 Å². The lowest BCUT2D eigenvalue weighted by Gasteiger charge is -2.07. The lowest BCUT2D eigenvalue weighted by Crippen LogP contribution is -2.07. The van der Waals surface area contributed by atoms with Crippen LogP contribution in [0.15, 0.2) is 6.33 Å². The van der Waals surface area contributed by atoms with Gasteiger partial charge in [0, 0.05) is 12.7 Å². The van der Waals surface area contributed by atoms with E-state index in [1.54, 1.807) is 13.4 Å². The van der Waals surface area contributed by atoms with Gasteiger partial charge < -0.3 is 10.3 Å². The van der Waals surface area contributed by atoms with Gasteiger partial charge in [0.2, 0.25) is 5.95 Å². The van der Waals surface area contributed by atoms with Crippen molar-refractivity contribution in [3.8, 4) is 5.82 Å². The van der Waals surface area contributed by atoms with Gasteiger partial charge >= 0.3 is 0 Å². The van der Waals surface area contributed by atoms with Gasteiger partial charge in [0.1, 0.15) is 5.52 Å². The van der Waals surface area contributed by atoms with E-state index in [9.17, 15) is 0 Å². The number of hydrogen-bond donors (Lipinski definition) is 2. The molecule has 0 saturated carbocycles. The summed E-state index contributed by atoms with van der Waals surface area (Å²) >= 11 is 0. The maximum absolute atomic E-state index is 4.61. The van der Waals surface area contributed by atoms with E-state index in [1.807, 2.05) is 11.6 Å². The molecular formula is C13H17N7. The first kappa shape index (κ1) is 12.6. The highest BCUT2D eigenvalue weighted by Gasteiger charge is 2.17. The van der Waals surface area contributed by atoms with E-state index in [2.05, 4.69) is 44.2 Å². The molecule has 0 saturated heterocycles. The van der Waals surface area contributed by atoms with Crippen LogP contribution in [0.25, 0.3) is 17.0 Å². The van der Waals surface area contributed by atoms with E-state index >= 15 is 0 Å². The Labute approximate surface area is 116 Å². The van der Waals surface area contributed by atoms with Crippen molar-refractivity contribution >= 4 is 17.1 Å². The van der Waals surface area contributed by atoms with Crippen LogP contribution in [0.5, 0.6) is 0 Å². The van der Waals surface area contributed by atoms with Crippen LogP contribution in [-0.2, 0) is 6.42 Å². The Hall–Kier alpha value is -2.44. The predicted molar refractivity (Wildman–Crippen MR) is 77.2 cm³/mol. The molecule has 7 heteroatoms. The van der Waals surface area contributed by atoms with Crippen LogP contribution >= 0.6 is 0 Å². The summed E-state index contributed by atoms with van der Waals surface area (Å²) < 4.78 is 1.86. The lowest BCUT2D eigenvalue weighted by molar-refractivity contribution is 0.808. The fourth-order valence-corrected chi connectivity index (χ4v) is 2.48. The fourth-order valence-electron chi connectivity index (χ4n) is 2.48. The summed E-state index contributed by atoms with van der Waals surface area (Å²) in [5, 5.41) is 7.56. The average Bonchev–Trinajstić information content (AvgIpc) is 3.02. The van der Waals surface area contributed by atoms with Crippen LogP contribution in [-0.4, -0.2) is 36.8 Å². The first-order valence-corrected chi connectivity index (χ1v) is 6.60. The van der Waals surface area contributed by atoms with Gasteiger partial charge in [0.25, 0.3) is 0 Å². The van der Waals surface area contributed by atoms with Crippen molar-refractivity contribution in [1.82, 2.24) is 29.7 Å². The summed E-state index contributed by atoms with van der Waals surface area (Å²) in [6.45, 7) is 6.21. The largest absolute Gasteiger partial charge is 0.357 e. The molecule has 0 amide bonds. The minimum atomic E-state index is 0.533. The Morgan fingerprint density at radius 3 is 2.75 bits per heavy atom. The number of aromatic nitrogens is 6. The third kappa shape index (κ3) is 1.74. The van der Waals surface area contributed by atoms with Gasteiger partial charge in [0.05, 0.1) is 12.0 Å². The molecule has 3 aromatic heterocycles. The minimum Gasteiger partial charge on any atom is -0.357 e. The maximum Gasteiger partial charge on any atom is 0.226 e. The fraction of sp³-hybridized carbons (Fsp3) is 0.385. The normalized spacial score (nSPS) is 11.2. The highest BCUT2D eigenvalue weighted by atomic mass is 15.3. The molecule has 0 unspecified atom stereocenters. The molecule has 0 aromatic carbocycles. The van der Waals surface area contributed by atoms with E-state index in [-0.39, 0.29) is 0 Å². The Morgan fingerprint density at radius 2 is 2.10 bits per heavy atom. The zero-order chi connectivity index (χ0) is 14.3. The molecule has 20 heavy (non-hydrogen) atoms. The number of rotatable bonds is 3. The Morgan fingerprint density at radius 1 is 1.30 bits per heavy atom. The van der Waals surface area contributed by atoms with Crippen molar-refractivity contribution in [2.45, 2.75) is 27.2 Å². The third-order valence-electron chi connectivity index (χ3n) is 3.49. The summed E-state index contributed by atoms with van der Waals surface area (Å²) in [7, 11) is 1.79. The monoisotopic (exact) mass is 271 g/mol. The number of nitrogens with one attached hydrogen (secondary N) is 2. The van der Waals surface area contributed by atoms with Crippen molar-refractivity contribution in [2.24, 2.45) is 0 Å². The molecule has 3 aromatic rings. The molecule has 0 aliphatic carbocycles. The SMILES string of the molecule is CCc1c(C)nn(-c2nc(NC)nc3nc[nH]c23)c1C. The Kier molecular flexibility index (Phi) is 2.89. The van der Waals surface area contributed by atoms with E-state index in [1.165, 1.54) is 5.56 Å². The van der Waals surface area contributed by atoms with Crippen molar-refractivity contribution in [1.29, 1.82) is 0 Å². The Balaban J connectivity index is 2.31. The van der Waals surface area contributed by atoms with Crippen LogP contribution < -0.4 is 5.32 Å². The molecular weight excluding hydrogens is 254 g/mol. The second-order valence-electron chi connectivity index (χ2n) is 4.64. The van der Waals surface area contributed by atoms with Crippen LogP contribution in [0.1, 0.15) is 23.9 Å². The van der Waals surface area contributed by atoms with Crippen LogP contribution in [0, 0.1) is 13.8 Å². The second kappa shape index (κ2) is 4.59. The van der Waals surface area contributed by atoms with Crippen molar-refractivity contribution in [3.05, 3.63) is 23.3 Å². The lowest BCUT2D eigenvalue weighted by atomic mass is 10.1. The van der Waals surface area contributed by atoms with Crippen molar-refractivity contribution in [2.75, 3.05) is 12.4 Å². The van der Waals surface area contributed by atoms with Gasteiger partial charge in [-0.25, -0.2) is 9.67 Å². The second-order valence-corrected chi connectivity index (χ2v) is 4.64. The topological polar surface area (TPSA) is 84.3 Å². The maximum atomic E-state index is 4.61. The standard InChI is InChI=1S/C13H17N7/c1-5-9-7(2)19-20(8(9)3)12-10-11(16-6-15-10)17-13(14-4)18-12/h6H,5H2,1-4H3,(H2,14,15,16,17,18). The number of aryl methyl sites for hydroxylation is 1. The zero-order valence-electron chi connectivity index (χ0n) is 12.0. The average molecular weight is 271 g/mol. The van der Waals surface area contributed by atoms with Crippen LogP contribution in [0.3, 0.4) is 0 Å². The Bertz CT molecular complexity index is 768. The summed E-state index contributed by atoms with van der Waals surface area (Å²) in [4.78, 5) is 16.1. The molecule has 7 nitrogen and oxygen atoms in total. The van der Waals surface area contributed by atoms with Crippen molar-refractivity contribution in [3.63, 3.8) is 0 Å². The van der Waals surface area contributed by atoms with Crippen LogP contribution in [0.2, 0.25) is 0 Å². The molecule has 3 heterocycles. The summed E-state index contributed by atoms with van der Waals surface area (Å²) in [5.74, 6) is 1.25. The van der Waals surface area contributed by atoms with E-state index < -0.39 is 0 Å². The molecule has 0 aliphatic rings. The summed E-state index contributed by atoms with van der Waals surface area (Å²) in [5.41, 5.74) is 4.80. The molecule has 3 rings (SSSR count). The summed E-state index contributed by atoms with van der Waals surface area (Å²) in [6.07, 6.45) is 2.57. The van der Waals surface area contributed by atoms with Gasteiger partial charge in [-0.05, 0) is 25.8 Å². The number of hydrogen-bond acceptors (Lipinski definition) is 5. The first-order chi connectivity index (χ1) is 9.65. The van der Waals surface area contributed by atoms with Gasteiger partial charge in [-0.2, -0.15) is 15.1 Å². The number of anilines is 1. The number of imidazole rings is 1. The highest BCUT2D eigenvalue weighted by molar-refractivity contribution is 5.79. The first-order valence-electron chi connectivity index (χ1n) is 6.60. The van der Waals surface area contributed by atoms with Crippen molar-refractivity contribution < 1.29 is 0 Å². The van der Waals surface area contributed by atoms with E-state index in [0.717, 1.165) is 29.1 Å². The van der Waals surface area contributed by atoms with Gasteiger partial charge in [-0.1, -0.05) is 6.92 Å². The smallest absolute Gasteiger partial charge is 0.226 e. The molecule has 0 radical (unpaired) electrons. The number of fused-ring (bicyclic) bond motifs is 1. The quantitative estimate of drug-likeness (QED) is 0.758. The molecule has 0 spiro atoms. The molecule has 104 valence electrons. The molecule has 0 bridgehead atoms. The predicted octanol–water partition coefficient (Wildman–Crippen LogP) is 1.76. The third-order valence-corrected chi connectivity index (χ3v) is 3.49.